The molecule has 0 aliphatic carbocycles. The fourth-order valence-corrected chi connectivity index (χ4v) is 4.89. The van der Waals surface area contributed by atoms with Gasteiger partial charge in [-0.25, -0.2) is 4.79 Å². The zero-order valence-corrected chi connectivity index (χ0v) is 22.6. The minimum absolute atomic E-state index is 0.00112. The fraction of sp³-hybridized carbons (Fsp3) is 0.448. The SMILES string of the molecule is CN[C@H](C(=O)N1CCC[C@H]1C(=O)N[C@@H](Cc1ccccc1)C(=O)N[C@@H](Cc1ccc(O)cc1)C(=O)O)C(C)C. The Balaban J connectivity index is 1.78. The van der Waals surface area contributed by atoms with Crippen molar-refractivity contribution in [3.05, 3.63) is 65.7 Å². The maximum atomic E-state index is 13.4. The van der Waals surface area contributed by atoms with Crippen LogP contribution in [0.3, 0.4) is 0 Å². The number of aliphatic carboxylic acids is 1. The van der Waals surface area contributed by atoms with Crippen LogP contribution in [0.1, 0.15) is 37.8 Å². The summed E-state index contributed by atoms with van der Waals surface area (Å²) in [6.07, 6.45) is 1.29. The Morgan fingerprint density at radius 2 is 1.54 bits per heavy atom. The number of phenols is 1. The van der Waals surface area contributed by atoms with Gasteiger partial charge in [-0.2, -0.15) is 0 Å². The van der Waals surface area contributed by atoms with Crippen molar-refractivity contribution in [2.75, 3.05) is 13.6 Å². The number of nitrogens with one attached hydrogen (secondary N) is 3. The van der Waals surface area contributed by atoms with E-state index in [2.05, 4.69) is 16.0 Å². The van der Waals surface area contributed by atoms with Crippen LogP contribution in [0.2, 0.25) is 0 Å². The number of benzene rings is 2. The zero-order valence-electron chi connectivity index (χ0n) is 22.6. The van der Waals surface area contributed by atoms with E-state index in [0.717, 1.165) is 5.56 Å². The molecule has 5 N–H and O–H groups in total. The van der Waals surface area contributed by atoms with Crippen molar-refractivity contribution in [3.63, 3.8) is 0 Å². The number of phenolic OH excluding ortho intramolecular Hbond substituents is 1. The van der Waals surface area contributed by atoms with Gasteiger partial charge >= 0.3 is 5.97 Å². The maximum Gasteiger partial charge on any atom is 0.326 e. The molecule has 0 bridgehead atoms. The standard InChI is InChI=1S/C29H38N4O6/c1-18(2)25(30-3)28(37)33-15-7-10-24(33)27(36)31-22(16-19-8-5-4-6-9-19)26(35)32-23(29(38)39)17-20-11-13-21(34)14-12-20/h4-6,8-9,11-14,18,22-25,30,34H,7,10,15-17H2,1-3H3,(H,31,36)(H,32,35)(H,38,39)/t22-,23-,24-,25-/m0/s1. The number of carbonyl (C=O) groups is 4. The summed E-state index contributed by atoms with van der Waals surface area (Å²) in [6, 6.07) is 11.7. The van der Waals surface area contributed by atoms with Crippen molar-refractivity contribution in [2.45, 2.75) is 63.7 Å². The predicted molar refractivity (Wildman–Crippen MR) is 146 cm³/mol. The highest BCUT2D eigenvalue weighted by atomic mass is 16.4. The maximum absolute atomic E-state index is 13.4. The molecule has 10 heteroatoms. The van der Waals surface area contributed by atoms with E-state index in [-0.39, 0.29) is 30.4 Å². The lowest BCUT2D eigenvalue weighted by atomic mass is 10.0. The molecule has 1 fully saturated rings. The smallest absolute Gasteiger partial charge is 0.326 e. The van der Waals surface area contributed by atoms with Gasteiger partial charge in [-0.15, -0.1) is 0 Å². The summed E-state index contributed by atoms with van der Waals surface area (Å²) in [4.78, 5) is 53.6. The molecule has 210 valence electrons. The van der Waals surface area contributed by atoms with Gasteiger partial charge < -0.3 is 31.1 Å². The number of rotatable bonds is 12. The Kier molecular flexibility index (Phi) is 10.4. The van der Waals surface area contributed by atoms with Gasteiger partial charge in [0.2, 0.25) is 17.7 Å². The molecule has 3 amide bonds. The molecule has 10 nitrogen and oxygen atoms in total. The minimum Gasteiger partial charge on any atom is -0.508 e. The first-order chi connectivity index (χ1) is 18.6. The third-order valence-corrected chi connectivity index (χ3v) is 6.99. The monoisotopic (exact) mass is 538 g/mol. The number of carboxylic acid groups (broad SMARTS) is 1. The summed E-state index contributed by atoms with van der Waals surface area (Å²) in [5.74, 6) is -2.38. The highest BCUT2D eigenvalue weighted by Gasteiger charge is 2.39. The highest BCUT2D eigenvalue weighted by Crippen LogP contribution is 2.21. The van der Waals surface area contributed by atoms with Crippen molar-refractivity contribution in [1.82, 2.24) is 20.9 Å². The van der Waals surface area contributed by atoms with Gasteiger partial charge in [-0.1, -0.05) is 56.3 Å². The average Bonchev–Trinajstić information content (AvgIpc) is 3.40. The first-order valence-electron chi connectivity index (χ1n) is 13.2. The highest BCUT2D eigenvalue weighted by molar-refractivity contribution is 5.94. The van der Waals surface area contributed by atoms with Gasteiger partial charge in [0.1, 0.15) is 23.9 Å². The van der Waals surface area contributed by atoms with Crippen LogP contribution in [0.5, 0.6) is 5.75 Å². The summed E-state index contributed by atoms with van der Waals surface area (Å²) in [5.41, 5.74) is 1.41. The first-order valence-corrected chi connectivity index (χ1v) is 13.2. The summed E-state index contributed by atoms with van der Waals surface area (Å²) in [5, 5.41) is 27.7. The summed E-state index contributed by atoms with van der Waals surface area (Å²) in [7, 11) is 1.71. The van der Waals surface area contributed by atoms with E-state index in [1.807, 2.05) is 44.2 Å². The van der Waals surface area contributed by atoms with E-state index in [9.17, 15) is 29.4 Å². The Morgan fingerprint density at radius 3 is 2.13 bits per heavy atom. The molecule has 0 unspecified atom stereocenters. The molecule has 0 spiro atoms. The van der Waals surface area contributed by atoms with Crippen molar-refractivity contribution in [2.24, 2.45) is 5.92 Å². The number of hydrogen-bond acceptors (Lipinski definition) is 6. The van der Waals surface area contributed by atoms with Gasteiger partial charge in [0, 0.05) is 19.4 Å². The lowest BCUT2D eigenvalue weighted by Crippen LogP contribution is -2.58. The molecule has 0 aromatic heterocycles. The Bertz CT molecular complexity index is 1140. The quantitative estimate of drug-likeness (QED) is 0.275. The second kappa shape index (κ2) is 13.7. The van der Waals surface area contributed by atoms with Crippen molar-refractivity contribution < 1.29 is 29.4 Å². The molecular formula is C29H38N4O6. The molecule has 2 aromatic carbocycles. The number of carboxylic acids is 1. The van der Waals surface area contributed by atoms with Crippen LogP contribution in [0.4, 0.5) is 0 Å². The Labute approximate surface area is 228 Å². The molecule has 3 rings (SSSR count). The normalized spacial score (nSPS) is 17.3. The largest absolute Gasteiger partial charge is 0.508 e. The van der Waals surface area contributed by atoms with Gasteiger partial charge in [-0.05, 0) is 49.1 Å². The predicted octanol–water partition coefficient (Wildman–Crippen LogP) is 1.47. The van der Waals surface area contributed by atoms with E-state index in [0.29, 0.717) is 24.9 Å². The molecule has 4 atom stereocenters. The first kappa shape index (κ1) is 29.6. The number of amides is 3. The molecule has 2 aromatic rings. The fourth-order valence-electron chi connectivity index (χ4n) is 4.89. The van der Waals surface area contributed by atoms with Crippen LogP contribution in [-0.2, 0) is 32.0 Å². The second-order valence-corrected chi connectivity index (χ2v) is 10.2. The summed E-state index contributed by atoms with van der Waals surface area (Å²) in [6.45, 7) is 4.31. The number of carbonyl (C=O) groups excluding carboxylic acids is 3. The Morgan fingerprint density at radius 1 is 0.923 bits per heavy atom. The Hall–Kier alpha value is -3.92. The van der Waals surface area contributed by atoms with Crippen LogP contribution < -0.4 is 16.0 Å². The van der Waals surface area contributed by atoms with E-state index >= 15 is 0 Å². The summed E-state index contributed by atoms with van der Waals surface area (Å²) < 4.78 is 0. The van der Waals surface area contributed by atoms with Crippen LogP contribution in [-0.4, -0.2) is 76.6 Å². The van der Waals surface area contributed by atoms with Gasteiger partial charge in [0.15, 0.2) is 0 Å². The van der Waals surface area contributed by atoms with E-state index < -0.39 is 42.0 Å². The lowest BCUT2D eigenvalue weighted by molar-refractivity contribution is -0.143. The number of hydrogen-bond donors (Lipinski definition) is 5. The van der Waals surface area contributed by atoms with Crippen molar-refractivity contribution in [3.8, 4) is 5.75 Å². The van der Waals surface area contributed by atoms with E-state index in [1.54, 1.807) is 24.1 Å². The van der Waals surface area contributed by atoms with Crippen LogP contribution in [0, 0.1) is 5.92 Å². The third-order valence-electron chi connectivity index (χ3n) is 6.99. The number of aromatic hydroxyl groups is 1. The van der Waals surface area contributed by atoms with Crippen molar-refractivity contribution in [1.29, 1.82) is 0 Å². The molecule has 0 radical (unpaired) electrons. The minimum atomic E-state index is -1.25. The van der Waals surface area contributed by atoms with E-state index in [4.69, 9.17) is 0 Å². The molecule has 0 saturated carbocycles. The van der Waals surface area contributed by atoms with Crippen LogP contribution in [0.15, 0.2) is 54.6 Å². The van der Waals surface area contributed by atoms with E-state index in [1.165, 1.54) is 12.1 Å². The number of likely N-dealkylation sites (N-methyl/N-ethyl adjacent to an activating group) is 1. The van der Waals surface area contributed by atoms with Gasteiger partial charge in [0.05, 0.1) is 6.04 Å². The molecule has 1 aliphatic rings. The molecule has 1 aliphatic heterocycles. The van der Waals surface area contributed by atoms with Gasteiger partial charge in [0.25, 0.3) is 0 Å². The molecule has 39 heavy (non-hydrogen) atoms. The third kappa shape index (κ3) is 8.03. The summed E-state index contributed by atoms with van der Waals surface area (Å²) >= 11 is 0. The number of likely N-dealkylation sites (tertiary alicyclic amines) is 1. The van der Waals surface area contributed by atoms with Crippen LogP contribution >= 0.6 is 0 Å². The number of nitrogens with zero attached hydrogens (tertiary/aromatic N) is 1. The second-order valence-electron chi connectivity index (χ2n) is 10.2. The molecule has 1 saturated heterocycles. The topological polar surface area (TPSA) is 148 Å². The molecule has 1 heterocycles. The zero-order chi connectivity index (χ0) is 28.5. The van der Waals surface area contributed by atoms with Crippen LogP contribution in [0.25, 0.3) is 0 Å². The van der Waals surface area contributed by atoms with Crippen molar-refractivity contribution >= 4 is 23.7 Å². The molecular weight excluding hydrogens is 500 g/mol. The average molecular weight is 539 g/mol. The van der Waals surface area contributed by atoms with Gasteiger partial charge in [-0.3, -0.25) is 14.4 Å². The lowest BCUT2D eigenvalue weighted by Gasteiger charge is -2.31.